The Morgan fingerprint density at radius 1 is 1.12 bits per heavy atom. The molecule has 2 aliphatic rings. The van der Waals surface area contributed by atoms with Gasteiger partial charge >= 0.3 is 0 Å². The van der Waals surface area contributed by atoms with E-state index in [9.17, 15) is 9.59 Å². The van der Waals surface area contributed by atoms with E-state index in [1.54, 1.807) is 7.11 Å². The van der Waals surface area contributed by atoms with E-state index in [4.69, 9.17) is 4.74 Å². The summed E-state index contributed by atoms with van der Waals surface area (Å²) < 4.78 is 5.13. The van der Waals surface area contributed by atoms with Crippen molar-refractivity contribution in [2.24, 2.45) is 5.41 Å². The SMILES string of the molecule is CCN1CCN(C(=O)C2(C(=O)NCc3ccc(OC)cc3)CC2)CC1. The number of ether oxygens (including phenoxy) is 1. The molecule has 2 amide bonds. The molecule has 0 atom stereocenters. The zero-order chi connectivity index (χ0) is 17.9. The highest BCUT2D eigenvalue weighted by atomic mass is 16.5. The summed E-state index contributed by atoms with van der Waals surface area (Å²) in [5.74, 6) is 0.664. The van der Waals surface area contributed by atoms with Gasteiger partial charge in [-0.1, -0.05) is 19.1 Å². The lowest BCUT2D eigenvalue weighted by atomic mass is 10.0. The van der Waals surface area contributed by atoms with Crippen LogP contribution in [0.5, 0.6) is 5.75 Å². The number of carbonyl (C=O) groups is 2. The summed E-state index contributed by atoms with van der Waals surface area (Å²) in [5.41, 5.74) is 0.176. The lowest BCUT2D eigenvalue weighted by Crippen LogP contribution is -2.53. The maximum Gasteiger partial charge on any atom is 0.238 e. The van der Waals surface area contributed by atoms with Gasteiger partial charge in [-0.15, -0.1) is 0 Å². The first-order chi connectivity index (χ1) is 12.1. The quantitative estimate of drug-likeness (QED) is 0.789. The van der Waals surface area contributed by atoms with Gasteiger partial charge in [0.1, 0.15) is 11.2 Å². The van der Waals surface area contributed by atoms with Crippen LogP contribution >= 0.6 is 0 Å². The van der Waals surface area contributed by atoms with Gasteiger partial charge in [-0.25, -0.2) is 0 Å². The molecule has 0 radical (unpaired) electrons. The Morgan fingerprint density at radius 2 is 1.76 bits per heavy atom. The molecule has 25 heavy (non-hydrogen) atoms. The molecule has 0 spiro atoms. The average Bonchev–Trinajstić information content (AvgIpc) is 3.48. The number of amides is 2. The van der Waals surface area contributed by atoms with Gasteiger partial charge in [0.05, 0.1) is 7.11 Å². The van der Waals surface area contributed by atoms with Gasteiger partial charge in [-0.3, -0.25) is 9.59 Å². The van der Waals surface area contributed by atoms with Crippen LogP contribution in [-0.4, -0.2) is 61.4 Å². The Morgan fingerprint density at radius 3 is 2.28 bits per heavy atom. The summed E-state index contributed by atoms with van der Waals surface area (Å²) >= 11 is 0. The van der Waals surface area contributed by atoms with E-state index < -0.39 is 5.41 Å². The number of piperazine rings is 1. The van der Waals surface area contributed by atoms with Crippen LogP contribution in [-0.2, 0) is 16.1 Å². The third-order valence-electron chi connectivity index (χ3n) is 5.31. The molecular formula is C19H27N3O3. The second-order valence-electron chi connectivity index (χ2n) is 6.84. The Kier molecular flexibility index (Phi) is 5.27. The fourth-order valence-electron chi connectivity index (χ4n) is 3.33. The van der Waals surface area contributed by atoms with Crippen LogP contribution in [0.2, 0.25) is 0 Å². The van der Waals surface area contributed by atoms with Crippen LogP contribution in [0.3, 0.4) is 0 Å². The molecular weight excluding hydrogens is 318 g/mol. The number of nitrogens with one attached hydrogen (secondary N) is 1. The standard InChI is InChI=1S/C19H27N3O3/c1-3-21-10-12-22(13-11-21)18(24)19(8-9-19)17(23)20-14-15-4-6-16(25-2)7-5-15/h4-7H,3,8-14H2,1-2H3,(H,20,23). The van der Waals surface area contributed by atoms with Crippen LogP contribution in [0.25, 0.3) is 0 Å². The molecule has 1 aliphatic carbocycles. The van der Waals surface area contributed by atoms with Crippen LogP contribution in [0.15, 0.2) is 24.3 Å². The largest absolute Gasteiger partial charge is 0.497 e. The summed E-state index contributed by atoms with van der Waals surface area (Å²) in [6.07, 6.45) is 1.32. The molecule has 6 nitrogen and oxygen atoms in total. The molecule has 136 valence electrons. The molecule has 1 saturated carbocycles. The van der Waals surface area contributed by atoms with E-state index in [0.717, 1.165) is 44.0 Å². The number of benzene rings is 1. The number of likely N-dealkylation sites (N-methyl/N-ethyl adjacent to an activating group) is 1. The Balaban J connectivity index is 1.54. The molecule has 1 aromatic rings. The number of nitrogens with zero attached hydrogens (tertiary/aromatic N) is 2. The third-order valence-corrected chi connectivity index (χ3v) is 5.31. The van der Waals surface area contributed by atoms with Crippen molar-refractivity contribution < 1.29 is 14.3 Å². The maximum atomic E-state index is 12.8. The lowest BCUT2D eigenvalue weighted by Gasteiger charge is -2.35. The summed E-state index contributed by atoms with van der Waals surface area (Å²) in [4.78, 5) is 29.7. The summed E-state index contributed by atoms with van der Waals surface area (Å²) in [6.45, 7) is 6.81. The highest BCUT2D eigenvalue weighted by Crippen LogP contribution is 2.47. The molecule has 1 N–H and O–H groups in total. The Bertz CT molecular complexity index is 617. The number of carbonyl (C=O) groups excluding carboxylic acids is 2. The first kappa shape index (κ1) is 17.7. The first-order valence-corrected chi connectivity index (χ1v) is 9.02. The molecule has 1 aromatic carbocycles. The second kappa shape index (κ2) is 7.44. The molecule has 1 heterocycles. The zero-order valence-electron chi connectivity index (χ0n) is 15.1. The normalized spacial score (nSPS) is 19.4. The van der Waals surface area contributed by atoms with Crippen molar-refractivity contribution in [3.8, 4) is 5.75 Å². The molecule has 2 fully saturated rings. The maximum absolute atomic E-state index is 12.8. The van der Waals surface area contributed by atoms with E-state index in [2.05, 4.69) is 17.1 Å². The number of methoxy groups -OCH3 is 1. The van der Waals surface area contributed by atoms with E-state index in [1.807, 2.05) is 29.2 Å². The van der Waals surface area contributed by atoms with Crippen molar-refractivity contribution >= 4 is 11.8 Å². The summed E-state index contributed by atoms with van der Waals surface area (Å²) in [7, 11) is 1.62. The topological polar surface area (TPSA) is 61.9 Å². The van der Waals surface area contributed by atoms with E-state index >= 15 is 0 Å². The summed E-state index contributed by atoms with van der Waals surface area (Å²) in [5, 5.41) is 2.94. The molecule has 0 bridgehead atoms. The first-order valence-electron chi connectivity index (χ1n) is 9.02. The van der Waals surface area contributed by atoms with Crippen LogP contribution in [0, 0.1) is 5.41 Å². The van der Waals surface area contributed by atoms with E-state index in [-0.39, 0.29) is 11.8 Å². The van der Waals surface area contributed by atoms with Crippen molar-refractivity contribution in [2.75, 3.05) is 39.8 Å². The molecule has 3 rings (SSSR count). The predicted octanol–water partition coefficient (Wildman–Crippen LogP) is 1.26. The lowest BCUT2D eigenvalue weighted by molar-refractivity contribution is -0.145. The summed E-state index contributed by atoms with van der Waals surface area (Å²) in [6, 6.07) is 7.58. The minimum Gasteiger partial charge on any atom is -0.497 e. The van der Waals surface area contributed by atoms with Crippen LogP contribution in [0.4, 0.5) is 0 Å². The zero-order valence-corrected chi connectivity index (χ0v) is 15.1. The fourth-order valence-corrected chi connectivity index (χ4v) is 3.33. The number of rotatable bonds is 6. The minimum atomic E-state index is -0.819. The van der Waals surface area contributed by atoms with Gasteiger partial charge in [0.15, 0.2) is 0 Å². The molecule has 0 aromatic heterocycles. The van der Waals surface area contributed by atoms with Crippen molar-refractivity contribution in [2.45, 2.75) is 26.3 Å². The smallest absolute Gasteiger partial charge is 0.238 e. The molecule has 0 unspecified atom stereocenters. The van der Waals surface area contributed by atoms with Crippen molar-refractivity contribution in [3.63, 3.8) is 0 Å². The average molecular weight is 345 g/mol. The van der Waals surface area contributed by atoms with Crippen LogP contribution in [0.1, 0.15) is 25.3 Å². The highest BCUT2D eigenvalue weighted by molar-refractivity contribution is 6.07. The van der Waals surface area contributed by atoms with Gasteiger partial charge in [0, 0.05) is 32.7 Å². The molecule has 1 saturated heterocycles. The predicted molar refractivity (Wildman–Crippen MR) is 95.2 cm³/mol. The monoisotopic (exact) mass is 345 g/mol. The Hall–Kier alpha value is -2.08. The number of hydrogen-bond donors (Lipinski definition) is 1. The van der Waals surface area contributed by atoms with Gasteiger partial charge in [0.25, 0.3) is 0 Å². The van der Waals surface area contributed by atoms with Crippen molar-refractivity contribution in [3.05, 3.63) is 29.8 Å². The molecule has 1 aliphatic heterocycles. The van der Waals surface area contributed by atoms with Gasteiger partial charge in [-0.2, -0.15) is 0 Å². The number of hydrogen-bond acceptors (Lipinski definition) is 4. The Labute approximate surface area is 149 Å². The molecule has 6 heteroatoms. The van der Waals surface area contributed by atoms with E-state index in [1.165, 1.54) is 0 Å². The fraction of sp³-hybridized carbons (Fsp3) is 0.579. The van der Waals surface area contributed by atoms with Gasteiger partial charge in [-0.05, 0) is 37.1 Å². The van der Waals surface area contributed by atoms with Crippen molar-refractivity contribution in [1.29, 1.82) is 0 Å². The highest BCUT2D eigenvalue weighted by Gasteiger charge is 2.58. The van der Waals surface area contributed by atoms with Gasteiger partial charge in [0.2, 0.25) is 11.8 Å². The minimum absolute atomic E-state index is 0.00971. The second-order valence-corrected chi connectivity index (χ2v) is 6.84. The van der Waals surface area contributed by atoms with E-state index in [0.29, 0.717) is 19.4 Å². The van der Waals surface area contributed by atoms with Crippen molar-refractivity contribution in [1.82, 2.24) is 15.1 Å². The van der Waals surface area contributed by atoms with Gasteiger partial charge < -0.3 is 19.9 Å². The third kappa shape index (κ3) is 3.79. The van der Waals surface area contributed by atoms with Crippen LogP contribution < -0.4 is 10.1 Å².